The van der Waals surface area contributed by atoms with E-state index in [0.717, 1.165) is 109 Å². The number of ether oxygens (including phenoxy) is 3. The van der Waals surface area contributed by atoms with Crippen LogP contribution in [-0.2, 0) is 28.6 Å². The van der Waals surface area contributed by atoms with Gasteiger partial charge in [0.25, 0.3) is 0 Å². The Kier molecular flexibility index (Phi) is 56.3. The van der Waals surface area contributed by atoms with Crippen LogP contribution in [0.25, 0.3) is 0 Å². The molecule has 0 radical (unpaired) electrons. The molecule has 0 N–H and O–H groups in total. The molecule has 0 spiro atoms. The Hall–Kier alpha value is -3.41. The molecule has 0 aliphatic carbocycles. The fourth-order valence-electron chi connectivity index (χ4n) is 8.38. The second-order valence-corrected chi connectivity index (χ2v) is 19.9. The molecule has 6 nitrogen and oxygen atoms in total. The van der Waals surface area contributed by atoms with Crippen molar-refractivity contribution in [2.24, 2.45) is 0 Å². The predicted octanol–water partition coefficient (Wildman–Crippen LogP) is 20.3. The van der Waals surface area contributed by atoms with E-state index in [2.05, 4.69) is 106 Å². The Balaban J connectivity index is 4.28. The Morgan fingerprint density at radius 3 is 0.873 bits per heavy atom. The molecule has 0 aromatic heterocycles. The van der Waals surface area contributed by atoms with Gasteiger partial charge >= 0.3 is 17.9 Å². The number of unbranched alkanes of at least 4 members (excludes halogenated alkanes) is 29. The molecule has 408 valence electrons. The molecule has 0 heterocycles. The highest BCUT2D eigenvalue weighted by Gasteiger charge is 2.19. The quantitative estimate of drug-likeness (QED) is 0.0261. The van der Waals surface area contributed by atoms with E-state index < -0.39 is 6.10 Å². The average molecular weight is 990 g/mol. The molecule has 0 bridgehead atoms. The van der Waals surface area contributed by atoms with Crippen LogP contribution in [0.4, 0.5) is 0 Å². The molecule has 0 rings (SSSR count). The second-order valence-electron chi connectivity index (χ2n) is 19.9. The largest absolute Gasteiger partial charge is 0.462 e. The molecule has 0 aliphatic rings. The minimum absolute atomic E-state index is 0.0800. The zero-order valence-electron chi connectivity index (χ0n) is 46.7. The summed E-state index contributed by atoms with van der Waals surface area (Å²) in [6, 6.07) is 0. The first-order chi connectivity index (χ1) is 35.0. The van der Waals surface area contributed by atoms with Crippen molar-refractivity contribution in [3.05, 3.63) is 85.1 Å². The van der Waals surface area contributed by atoms with Crippen molar-refractivity contribution in [3.63, 3.8) is 0 Å². The molecule has 0 saturated heterocycles. The van der Waals surface area contributed by atoms with E-state index in [1.54, 1.807) is 0 Å². The monoisotopic (exact) mass is 989 g/mol. The van der Waals surface area contributed by atoms with Gasteiger partial charge in [-0.2, -0.15) is 0 Å². The van der Waals surface area contributed by atoms with Gasteiger partial charge in [-0.3, -0.25) is 14.4 Å². The maximum Gasteiger partial charge on any atom is 0.306 e. The summed E-state index contributed by atoms with van der Waals surface area (Å²) in [5, 5.41) is 0. The van der Waals surface area contributed by atoms with Gasteiger partial charge in [0, 0.05) is 19.3 Å². The second kappa shape index (κ2) is 59.2. The van der Waals surface area contributed by atoms with Crippen LogP contribution >= 0.6 is 0 Å². The van der Waals surface area contributed by atoms with Crippen molar-refractivity contribution in [1.82, 2.24) is 0 Å². The van der Waals surface area contributed by atoms with Gasteiger partial charge in [0.15, 0.2) is 6.10 Å². The SMILES string of the molecule is CC/C=C\C/C=C\C/C=C\C/C=C\C/C=C\C/C=C\CCCCCCCCC(=O)OCC(COC(=O)CCCCCCCCCCC)OC(=O)CCCCCCCCCCC/C=C\CCCCCCCC. The summed E-state index contributed by atoms with van der Waals surface area (Å²) in [4.78, 5) is 38.1. The minimum atomic E-state index is -0.782. The van der Waals surface area contributed by atoms with Crippen molar-refractivity contribution in [2.45, 2.75) is 297 Å². The normalized spacial score (nSPS) is 12.7. The van der Waals surface area contributed by atoms with Crippen molar-refractivity contribution < 1.29 is 28.6 Å². The number of hydrogen-bond donors (Lipinski definition) is 0. The van der Waals surface area contributed by atoms with Gasteiger partial charge in [-0.05, 0) is 96.3 Å². The van der Waals surface area contributed by atoms with E-state index in [0.29, 0.717) is 19.3 Å². The first kappa shape index (κ1) is 67.6. The summed E-state index contributed by atoms with van der Waals surface area (Å²) >= 11 is 0. The van der Waals surface area contributed by atoms with Crippen LogP contribution in [0.5, 0.6) is 0 Å². The Morgan fingerprint density at radius 2 is 0.549 bits per heavy atom. The summed E-state index contributed by atoms with van der Waals surface area (Å²) in [5.74, 6) is -0.892. The highest BCUT2D eigenvalue weighted by atomic mass is 16.6. The molecule has 0 aromatic carbocycles. The maximum atomic E-state index is 12.9. The third-order valence-electron chi connectivity index (χ3n) is 12.9. The molecule has 0 aliphatic heterocycles. The Labute approximate surface area is 439 Å². The van der Waals surface area contributed by atoms with Crippen LogP contribution in [-0.4, -0.2) is 37.2 Å². The molecule has 0 aromatic rings. The third-order valence-corrected chi connectivity index (χ3v) is 12.9. The number of esters is 3. The number of hydrogen-bond acceptors (Lipinski definition) is 6. The third kappa shape index (κ3) is 57.4. The smallest absolute Gasteiger partial charge is 0.306 e. The van der Waals surface area contributed by atoms with Crippen LogP contribution in [0.3, 0.4) is 0 Å². The predicted molar refractivity (Wildman–Crippen MR) is 307 cm³/mol. The van der Waals surface area contributed by atoms with Gasteiger partial charge in [0.05, 0.1) is 0 Å². The number of rotatable bonds is 54. The fourth-order valence-corrected chi connectivity index (χ4v) is 8.38. The highest BCUT2D eigenvalue weighted by molar-refractivity contribution is 5.71. The van der Waals surface area contributed by atoms with Crippen LogP contribution in [0, 0.1) is 0 Å². The fraction of sp³-hybridized carbons (Fsp3) is 0.738. The zero-order valence-corrected chi connectivity index (χ0v) is 46.7. The van der Waals surface area contributed by atoms with Gasteiger partial charge in [0.1, 0.15) is 13.2 Å². The van der Waals surface area contributed by atoms with Gasteiger partial charge in [0.2, 0.25) is 0 Å². The summed E-state index contributed by atoms with van der Waals surface area (Å²) in [7, 11) is 0. The van der Waals surface area contributed by atoms with Crippen molar-refractivity contribution in [3.8, 4) is 0 Å². The molecule has 71 heavy (non-hydrogen) atoms. The summed E-state index contributed by atoms with van der Waals surface area (Å²) < 4.78 is 16.8. The van der Waals surface area contributed by atoms with Crippen molar-refractivity contribution in [1.29, 1.82) is 0 Å². The molecular formula is C65H112O6. The average Bonchev–Trinajstić information content (AvgIpc) is 3.37. The lowest BCUT2D eigenvalue weighted by Gasteiger charge is -2.18. The Morgan fingerprint density at radius 1 is 0.296 bits per heavy atom. The number of carbonyl (C=O) groups excluding carboxylic acids is 3. The molecule has 6 heteroatoms. The van der Waals surface area contributed by atoms with E-state index in [1.165, 1.54) is 141 Å². The van der Waals surface area contributed by atoms with Crippen LogP contribution in [0.2, 0.25) is 0 Å². The molecule has 1 atom stereocenters. The van der Waals surface area contributed by atoms with Gasteiger partial charge in [-0.15, -0.1) is 0 Å². The standard InChI is InChI=1S/C65H112O6/c1-4-7-10-13-16-19-21-23-25-27-29-30-31-32-33-34-36-37-39-41-43-46-49-52-55-58-64(67)70-61-62(60-69-63(66)57-54-51-48-45-18-15-12-9-6-3)71-65(68)59-56-53-50-47-44-42-40-38-35-28-26-24-22-20-17-14-11-8-5-2/h7,10,16,19,23-26,29-30,32-33,36-37,62H,4-6,8-9,11-15,17-18,20-22,27-28,31,34-35,38-61H2,1-3H3/b10-7-,19-16-,25-23-,26-24-,30-29-,33-32-,37-36-. The zero-order chi connectivity index (χ0) is 51.4. The summed E-state index contributed by atoms with van der Waals surface area (Å²) in [5.41, 5.74) is 0. The first-order valence-corrected chi connectivity index (χ1v) is 30.1. The minimum Gasteiger partial charge on any atom is -0.462 e. The van der Waals surface area contributed by atoms with Crippen molar-refractivity contribution in [2.75, 3.05) is 13.2 Å². The molecule has 0 saturated carbocycles. The molecular weight excluding hydrogens is 877 g/mol. The maximum absolute atomic E-state index is 12.9. The molecule has 0 fully saturated rings. The first-order valence-electron chi connectivity index (χ1n) is 30.1. The molecule has 0 amide bonds. The number of carbonyl (C=O) groups is 3. The van der Waals surface area contributed by atoms with Gasteiger partial charge in [-0.1, -0.05) is 260 Å². The van der Waals surface area contributed by atoms with Gasteiger partial charge < -0.3 is 14.2 Å². The number of allylic oxidation sites excluding steroid dienone is 14. The van der Waals surface area contributed by atoms with Crippen LogP contribution in [0.15, 0.2) is 85.1 Å². The topological polar surface area (TPSA) is 78.9 Å². The van der Waals surface area contributed by atoms with E-state index in [4.69, 9.17) is 14.2 Å². The summed E-state index contributed by atoms with van der Waals surface area (Å²) in [6.07, 6.45) is 77.3. The van der Waals surface area contributed by atoms with E-state index >= 15 is 0 Å². The van der Waals surface area contributed by atoms with Crippen LogP contribution in [0.1, 0.15) is 290 Å². The Bertz CT molecular complexity index is 1370. The lowest BCUT2D eigenvalue weighted by molar-refractivity contribution is -0.167. The van der Waals surface area contributed by atoms with Crippen LogP contribution < -0.4 is 0 Å². The molecule has 1 unspecified atom stereocenters. The van der Waals surface area contributed by atoms with Gasteiger partial charge in [-0.25, -0.2) is 0 Å². The highest BCUT2D eigenvalue weighted by Crippen LogP contribution is 2.15. The summed E-state index contributed by atoms with van der Waals surface area (Å²) in [6.45, 7) is 6.51. The van der Waals surface area contributed by atoms with Crippen molar-refractivity contribution >= 4 is 17.9 Å². The van der Waals surface area contributed by atoms with E-state index in [9.17, 15) is 14.4 Å². The van der Waals surface area contributed by atoms with E-state index in [1.807, 2.05) is 0 Å². The lowest BCUT2D eigenvalue weighted by atomic mass is 10.1. The lowest BCUT2D eigenvalue weighted by Crippen LogP contribution is -2.30. The van der Waals surface area contributed by atoms with E-state index in [-0.39, 0.29) is 31.1 Å².